The Morgan fingerprint density at radius 2 is 1.55 bits per heavy atom. The smallest absolute Gasteiger partial charge is 0.407 e. The Balaban J connectivity index is 1.35. The number of carbonyl (C=O) groups is 1. The van der Waals surface area contributed by atoms with E-state index in [-0.39, 0.29) is 18.1 Å². The van der Waals surface area contributed by atoms with Crippen molar-refractivity contribution in [2.75, 3.05) is 13.2 Å². The minimum atomic E-state index is -1.70. The molecule has 31 heavy (non-hydrogen) atoms. The van der Waals surface area contributed by atoms with Gasteiger partial charge in [0.2, 0.25) is 0 Å². The van der Waals surface area contributed by atoms with E-state index in [4.69, 9.17) is 4.74 Å². The third kappa shape index (κ3) is 4.15. The second-order valence-electron chi connectivity index (χ2n) is 7.36. The van der Waals surface area contributed by atoms with Crippen LogP contribution in [0.2, 0.25) is 0 Å². The van der Waals surface area contributed by atoms with Crippen LogP contribution in [0, 0.1) is 11.6 Å². The predicted molar refractivity (Wildman–Crippen MR) is 110 cm³/mol. The first kappa shape index (κ1) is 21.0. The molecule has 0 heterocycles. The summed E-state index contributed by atoms with van der Waals surface area (Å²) in [5.41, 5.74) is 3.94. The second-order valence-corrected chi connectivity index (χ2v) is 7.36. The van der Waals surface area contributed by atoms with E-state index in [0.717, 1.165) is 28.3 Å². The number of rotatable bonds is 6. The molecule has 0 fully saturated rings. The molecule has 1 aliphatic rings. The van der Waals surface area contributed by atoms with E-state index in [1.165, 1.54) is 12.1 Å². The van der Waals surface area contributed by atoms with Crippen LogP contribution < -0.4 is 5.32 Å². The van der Waals surface area contributed by atoms with Crippen LogP contribution in [0.4, 0.5) is 13.6 Å². The van der Waals surface area contributed by atoms with Crippen molar-refractivity contribution >= 4 is 6.09 Å². The summed E-state index contributed by atoms with van der Waals surface area (Å²) in [5.74, 6) is -2.49. The molecule has 1 amide bonds. The minimum Gasteiger partial charge on any atom is -0.449 e. The average molecular weight is 425 g/mol. The van der Waals surface area contributed by atoms with Gasteiger partial charge in [-0.1, -0.05) is 60.7 Å². The van der Waals surface area contributed by atoms with Gasteiger partial charge in [-0.3, -0.25) is 0 Å². The Morgan fingerprint density at radius 3 is 2.19 bits per heavy atom. The first-order chi connectivity index (χ1) is 15.0. The lowest BCUT2D eigenvalue weighted by Crippen LogP contribution is -2.36. The summed E-state index contributed by atoms with van der Waals surface area (Å²) in [4.78, 5) is 12.1. The van der Waals surface area contributed by atoms with Gasteiger partial charge < -0.3 is 20.3 Å². The fourth-order valence-corrected chi connectivity index (χ4v) is 3.91. The van der Waals surface area contributed by atoms with Gasteiger partial charge in [-0.05, 0) is 28.3 Å². The summed E-state index contributed by atoms with van der Waals surface area (Å²) in [6.45, 7) is -0.301. The SMILES string of the molecule is O=C(NCC(O)C(O)c1cccc(F)c1F)OCC1c2ccccc2-c2ccccc21. The van der Waals surface area contributed by atoms with Crippen molar-refractivity contribution in [1.29, 1.82) is 0 Å². The maximum absolute atomic E-state index is 13.8. The fraction of sp³-hybridized carbons (Fsp3) is 0.208. The van der Waals surface area contributed by atoms with Crippen LogP contribution in [0.25, 0.3) is 11.1 Å². The van der Waals surface area contributed by atoms with Crippen molar-refractivity contribution in [3.05, 3.63) is 95.1 Å². The third-order valence-corrected chi connectivity index (χ3v) is 5.46. The summed E-state index contributed by atoms with van der Waals surface area (Å²) in [6, 6.07) is 19.1. The molecule has 3 N–H and O–H groups in total. The maximum atomic E-state index is 13.8. The molecule has 0 bridgehead atoms. The number of nitrogens with one attached hydrogen (secondary N) is 1. The zero-order valence-electron chi connectivity index (χ0n) is 16.5. The van der Waals surface area contributed by atoms with Crippen LogP contribution in [0.5, 0.6) is 0 Å². The Morgan fingerprint density at radius 1 is 0.935 bits per heavy atom. The summed E-state index contributed by atoms with van der Waals surface area (Å²) in [5, 5.41) is 22.5. The number of carbonyl (C=O) groups excluding carboxylic acids is 1. The lowest BCUT2D eigenvalue weighted by Gasteiger charge is -2.20. The Labute approximate surface area is 177 Å². The van der Waals surface area contributed by atoms with Crippen molar-refractivity contribution in [3.8, 4) is 11.1 Å². The van der Waals surface area contributed by atoms with E-state index in [2.05, 4.69) is 5.32 Å². The maximum Gasteiger partial charge on any atom is 0.407 e. The van der Waals surface area contributed by atoms with Crippen LogP contribution in [0.3, 0.4) is 0 Å². The monoisotopic (exact) mass is 425 g/mol. The topological polar surface area (TPSA) is 78.8 Å². The van der Waals surface area contributed by atoms with Gasteiger partial charge >= 0.3 is 6.09 Å². The lowest BCUT2D eigenvalue weighted by atomic mass is 9.98. The van der Waals surface area contributed by atoms with Crippen molar-refractivity contribution in [2.45, 2.75) is 18.1 Å². The number of hydrogen-bond acceptors (Lipinski definition) is 4. The number of halogens is 2. The highest BCUT2D eigenvalue weighted by atomic mass is 19.2. The van der Waals surface area contributed by atoms with Crippen LogP contribution in [0.1, 0.15) is 28.7 Å². The second kappa shape index (κ2) is 8.83. The molecule has 1 aliphatic carbocycles. The number of amides is 1. The highest BCUT2D eigenvalue weighted by Crippen LogP contribution is 2.44. The fourth-order valence-electron chi connectivity index (χ4n) is 3.91. The standard InChI is InChI=1S/C24H21F2NO4/c25-20-11-5-10-18(22(20)26)23(29)21(28)12-27-24(30)31-13-19-16-8-3-1-6-14(16)15-7-2-4-9-17(15)19/h1-11,19,21,23,28-29H,12-13H2,(H,27,30). The number of benzene rings is 3. The molecule has 0 aliphatic heterocycles. The molecule has 5 nitrogen and oxygen atoms in total. The largest absolute Gasteiger partial charge is 0.449 e. The molecule has 0 aromatic heterocycles. The van der Waals surface area contributed by atoms with E-state index in [0.29, 0.717) is 0 Å². The van der Waals surface area contributed by atoms with Gasteiger partial charge in [0.15, 0.2) is 11.6 Å². The van der Waals surface area contributed by atoms with Crippen molar-refractivity contribution in [1.82, 2.24) is 5.32 Å². The van der Waals surface area contributed by atoms with Gasteiger partial charge in [-0.15, -0.1) is 0 Å². The van der Waals surface area contributed by atoms with Crippen molar-refractivity contribution in [2.24, 2.45) is 0 Å². The van der Waals surface area contributed by atoms with E-state index in [1.807, 2.05) is 48.5 Å². The number of fused-ring (bicyclic) bond motifs is 3. The number of aliphatic hydroxyl groups excluding tert-OH is 2. The molecule has 0 saturated carbocycles. The summed E-state index contributed by atoms with van der Waals surface area (Å²) < 4.78 is 32.4. The molecular formula is C24H21F2NO4. The molecule has 3 aromatic carbocycles. The molecule has 0 saturated heterocycles. The first-order valence-electron chi connectivity index (χ1n) is 9.86. The highest BCUT2D eigenvalue weighted by molar-refractivity contribution is 5.79. The Hall–Kier alpha value is -3.29. The molecule has 2 atom stereocenters. The Bertz CT molecular complexity index is 1060. The van der Waals surface area contributed by atoms with Gasteiger partial charge in [-0.2, -0.15) is 0 Å². The summed E-state index contributed by atoms with van der Waals surface area (Å²) in [7, 11) is 0. The van der Waals surface area contributed by atoms with E-state index < -0.39 is 36.5 Å². The van der Waals surface area contributed by atoms with Crippen LogP contribution in [-0.4, -0.2) is 35.6 Å². The van der Waals surface area contributed by atoms with E-state index in [9.17, 15) is 23.8 Å². The highest BCUT2D eigenvalue weighted by Gasteiger charge is 2.29. The lowest BCUT2D eigenvalue weighted by molar-refractivity contribution is 0.0162. The molecule has 4 rings (SSSR count). The number of aliphatic hydroxyl groups is 2. The molecule has 160 valence electrons. The van der Waals surface area contributed by atoms with Crippen molar-refractivity contribution in [3.63, 3.8) is 0 Å². The normalized spacial score (nSPS) is 14.5. The molecule has 0 radical (unpaired) electrons. The van der Waals surface area contributed by atoms with Crippen LogP contribution in [-0.2, 0) is 4.74 Å². The zero-order valence-corrected chi connectivity index (χ0v) is 16.5. The van der Waals surface area contributed by atoms with Gasteiger partial charge in [0.05, 0.1) is 0 Å². The van der Waals surface area contributed by atoms with Crippen LogP contribution >= 0.6 is 0 Å². The average Bonchev–Trinajstić information content (AvgIpc) is 3.11. The number of alkyl carbamates (subject to hydrolysis) is 1. The van der Waals surface area contributed by atoms with Gasteiger partial charge in [0.1, 0.15) is 18.8 Å². The molecule has 7 heteroatoms. The molecular weight excluding hydrogens is 404 g/mol. The number of hydrogen-bond donors (Lipinski definition) is 3. The van der Waals surface area contributed by atoms with Gasteiger partial charge in [-0.25, -0.2) is 13.6 Å². The van der Waals surface area contributed by atoms with Gasteiger partial charge in [0, 0.05) is 18.0 Å². The first-order valence-corrected chi connectivity index (χ1v) is 9.86. The molecule has 2 unspecified atom stereocenters. The van der Waals surface area contributed by atoms with E-state index in [1.54, 1.807) is 0 Å². The van der Waals surface area contributed by atoms with Crippen molar-refractivity contribution < 1.29 is 28.5 Å². The predicted octanol–water partition coefficient (Wildman–Crippen LogP) is 3.90. The van der Waals surface area contributed by atoms with E-state index >= 15 is 0 Å². The van der Waals surface area contributed by atoms with Gasteiger partial charge in [0.25, 0.3) is 0 Å². The zero-order chi connectivity index (χ0) is 22.0. The molecule has 3 aromatic rings. The summed E-state index contributed by atoms with van der Waals surface area (Å²) in [6.07, 6.45) is -4.03. The minimum absolute atomic E-state index is 0.0943. The summed E-state index contributed by atoms with van der Waals surface area (Å²) >= 11 is 0. The van der Waals surface area contributed by atoms with Crippen LogP contribution in [0.15, 0.2) is 66.7 Å². The molecule has 0 spiro atoms. The third-order valence-electron chi connectivity index (χ3n) is 5.46. The number of ether oxygens (including phenoxy) is 1. The Kier molecular flexibility index (Phi) is 5.97. The quantitative estimate of drug-likeness (QED) is 0.560.